The number of carbonyl (C=O) groups excluding carboxylic acids is 1. The lowest BCUT2D eigenvalue weighted by molar-refractivity contribution is 0.0906. The van der Waals surface area contributed by atoms with Crippen LogP contribution in [0.25, 0.3) is 0 Å². The quantitative estimate of drug-likeness (QED) is 0.598. The first-order valence-corrected chi connectivity index (χ1v) is 7.17. The summed E-state index contributed by atoms with van der Waals surface area (Å²) in [4.78, 5) is 12.6. The smallest absolute Gasteiger partial charge is 0.252 e. The Labute approximate surface area is 125 Å². The van der Waals surface area contributed by atoms with Gasteiger partial charge in [0.05, 0.1) is 17.2 Å². The molecule has 19 heavy (non-hydrogen) atoms. The zero-order valence-corrected chi connectivity index (χ0v) is 12.9. The van der Waals surface area contributed by atoms with E-state index in [9.17, 15) is 4.79 Å². The molecule has 1 N–H and O–H groups in total. The molecule has 106 valence electrons. The lowest BCUT2D eigenvalue weighted by Gasteiger charge is -2.09. The molecule has 5 heteroatoms. The van der Waals surface area contributed by atoms with Crippen LogP contribution in [0.2, 0.25) is 5.02 Å². The van der Waals surface area contributed by atoms with E-state index in [1.807, 2.05) is 0 Å². The third-order valence-electron chi connectivity index (χ3n) is 2.57. The lowest BCUT2D eigenvalue weighted by Crippen LogP contribution is -2.27. The molecule has 0 unspecified atom stereocenters. The third-order valence-corrected chi connectivity index (χ3v) is 3.17. The molecule has 0 heterocycles. The van der Waals surface area contributed by atoms with Gasteiger partial charge in [-0.3, -0.25) is 4.79 Å². The Balaban J connectivity index is 2.29. The second kappa shape index (κ2) is 8.46. The van der Waals surface area contributed by atoms with Gasteiger partial charge in [-0.05, 0) is 30.5 Å². The van der Waals surface area contributed by atoms with Crippen LogP contribution in [0.5, 0.6) is 0 Å². The van der Waals surface area contributed by atoms with Gasteiger partial charge in [0.2, 0.25) is 0 Å². The molecule has 1 aromatic carbocycles. The van der Waals surface area contributed by atoms with E-state index in [1.54, 1.807) is 18.2 Å². The van der Waals surface area contributed by atoms with Crippen LogP contribution >= 0.6 is 24.2 Å². The summed E-state index contributed by atoms with van der Waals surface area (Å²) in [5.74, 6) is 0.430. The van der Waals surface area contributed by atoms with Gasteiger partial charge in [-0.25, -0.2) is 0 Å². The summed E-state index contributed by atoms with van der Waals surface area (Å²) in [6.45, 7) is 6.01. The molecule has 3 nitrogen and oxygen atoms in total. The highest BCUT2D eigenvalue weighted by Crippen LogP contribution is 2.19. The Hall–Kier alpha value is -0.710. The van der Waals surface area contributed by atoms with E-state index in [0.29, 0.717) is 34.6 Å². The van der Waals surface area contributed by atoms with Crippen LogP contribution in [0.1, 0.15) is 30.6 Å². The van der Waals surface area contributed by atoms with E-state index in [0.717, 1.165) is 13.0 Å². The highest BCUT2D eigenvalue weighted by molar-refractivity contribution is 7.80. The number of ether oxygens (including phenoxy) is 1. The zero-order valence-electron chi connectivity index (χ0n) is 11.3. The van der Waals surface area contributed by atoms with E-state index in [2.05, 4.69) is 31.8 Å². The van der Waals surface area contributed by atoms with Crippen molar-refractivity contribution in [1.29, 1.82) is 0 Å². The Morgan fingerprint density at radius 3 is 2.84 bits per heavy atom. The summed E-state index contributed by atoms with van der Waals surface area (Å²) < 4.78 is 5.42. The largest absolute Gasteiger partial charge is 0.380 e. The molecule has 0 aromatic heterocycles. The van der Waals surface area contributed by atoms with Crippen molar-refractivity contribution < 1.29 is 9.53 Å². The summed E-state index contributed by atoms with van der Waals surface area (Å²) in [7, 11) is 0. The van der Waals surface area contributed by atoms with Crippen molar-refractivity contribution in [2.75, 3.05) is 19.8 Å². The SMILES string of the molecule is CC(C)CCOCCNC(=O)c1cc(S)ccc1Cl. The predicted octanol–water partition coefficient (Wildman–Crippen LogP) is 3.42. The van der Waals surface area contributed by atoms with E-state index in [-0.39, 0.29) is 5.91 Å². The summed E-state index contributed by atoms with van der Waals surface area (Å²) in [5, 5.41) is 3.20. The van der Waals surface area contributed by atoms with Crippen LogP contribution in [0.3, 0.4) is 0 Å². The van der Waals surface area contributed by atoms with E-state index in [4.69, 9.17) is 16.3 Å². The topological polar surface area (TPSA) is 38.3 Å². The predicted molar refractivity (Wildman–Crippen MR) is 81.3 cm³/mol. The molecular formula is C14H20ClNO2S. The summed E-state index contributed by atoms with van der Waals surface area (Å²) in [5.41, 5.74) is 0.441. The molecular weight excluding hydrogens is 282 g/mol. The minimum atomic E-state index is -0.201. The van der Waals surface area contributed by atoms with Crippen molar-refractivity contribution in [2.24, 2.45) is 5.92 Å². The molecule has 0 aliphatic carbocycles. The van der Waals surface area contributed by atoms with Crippen molar-refractivity contribution in [2.45, 2.75) is 25.2 Å². The van der Waals surface area contributed by atoms with Crippen LogP contribution < -0.4 is 5.32 Å². The second-order valence-electron chi connectivity index (χ2n) is 4.71. The second-order valence-corrected chi connectivity index (χ2v) is 5.64. The average molecular weight is 302 g/mol. The first-order chi connectivity index (χ1) is 9.00. The van der Waals surface area contributed by atoms with Gasteiger partial charge in [0.25, 0.3) is 5.91 Å². The van der Waals surface area contributed by atoms with E-state index < -0.39 is 0 Å². The Morgan fingerprint density at radius 2 is 2.16 bits per heavy atom. The molecule has 0 radical (unpaired) electrons. The minimum Gasteiger partial charge on any atom is -0.380 e. The van der Waals surface area contributed by atoms with Crippen LogP contribution in [0.15, 0.2) is 23.1 Å². The van der Waals surface area contributed by atoms with Crippen LogP contribution in [-0.2, 0) is 4.74 Å². The highest BCUT2D eigenvalue weighted by Gasteiger charge is 2.09. The van der Waals surface area contributed by atoms with Gasteiger partial charge in [-0.2, -0.15) is 0 Å². The molecule has 0 aliphatic rings. The molecule has 0 spiro atoms. The van der Waals surface area contributed by atoms with Gasteiger partial charge in [0.15, 0.2) is 0 Å². The van der Waals surface area contributed by atoms with E-state index >= 15 is 0 Å². The first kappa shape index (κ1) is 16.3. The van der Waals surface area contributed by atoms with Gasteiger partial charge in [0, 0.05) is 18.0 Å². The number of hydrogen-bond acceptors (Lipinski definition) is 3. The summed E-state index contributed by atoms with van der Waals surface area (Å²) >= 11 is 10.2. The third kappa shape index (κ3) is 6.32. The normalized spacial score (nSPS) is 10.8. The molecule has 0 saturated carbocycles. The standard InChI is InChI=1S/C14H20ClNO2S/c1-10(2)5-7-18-8-6-16-14(17)12-9-11(19)3-4-13(12)15/h3-4,9-10,19H,5-8H2,1-2H3,(H,16,17). The summed E-state index contributed by atoms with van der Waals surface area (Å²) in [6.07, 6.45) is 1.03. The molecule has 1 rings (SSSR count). The number of nitrogens with one attached hydrogen (secondary N) is 1. The van der Waals surface area contributed by atoms with Crippen LogP contribution in [0, 0.1) is 5.92 Å². The van der Waals surface area contributed by atoms with Crippen molar-refractivity contribution in [3.05, 3.63) is 28.8 Å². The maximum absolute atomic E-state index is 11.9. The number of thiol groups is 1. The number of carbonyl (C=O) groups is 1. The average Bonchev–Trinajstić information content (AvgIpc) is 2.36. The number of rotatable bonds is 7. The molecule has 0 atom stereocenters. The minimum absolute atomic E-state index is 0.201. The molecule has 1 amide bonds. The first-order valence-electron chi connectivity index (χ1n) is 6.35. The fraction of sp³-hybridized carbons (Fsp3) is 0.500. The van der Waals surface area contributed by atoms with Crippen molar-refractivity contribution in [1.82, 2.24) is 5.32 Å². The van der Waals surface area contributed by atoms with Gasteiger partial charge in [0.1, 0.15) is 0 Å². The van der Waals surface area contributed by atoms with E-state index in [1.165, 1.54) is 0 Å². The van der Waals surface area contributed by atoms with Gasteiger partial charge >= 0.3 is 0 Å². The van der Waals surface area contributed by atoms with Crippen molar-refractivity contribution in [3.63, 3.8) is 0 Å². The number of benzene rings is 1. The maximum atomic E-state index is 11.9. The highest BCUT2D eigenvalue weighted by atomic mass is 35.5. The van der Waals surface area contributed by atoms with Crippen molar-refractivity contribution >= 4 is 30.1 Å². The molecule has 0 saturated heterocycles. The fourth-order valence-corrected chi connectivity index (χ4v) is 1.85. The molecule has 0 bridgehead atoms. The zero-order chi connectivity index (χ0) is 14.3. The lowest BCUT2D eigenvalue weighted by atomic mass is 10.1. The Morgan fingerprint density at radius 1 is 1.42 bits per heavy atom. The number of hydrogen-bond donors (Lipinski definition) is 2. The number of halogens is 1. The molecule has 0 aliphatic heterocycles. The Kier molecular flexibility index (Phi) is 7.28. The monoisotopic (exact) mass is 301 g/mol. The fourth-order valence-electron chi connectivity index (χ4n) is 1.44. The van der Waals surface area contributed by atoms with Crippen LogP contribution in [0.4, 0.5) is 0 Å². The van der Waals surface area contributed by atoms with Crippen molar-refractivity contribution in [3.8, 4) is 0 Å². The maximum Gasteiger partial charge on any atom is 0.252 e. The van der Waals surface area contributed by atoms with Crippen LogP contribution in [-0.4, -0.2) is 25.7 Å². The molecule has 0 fully saturated rings. The van der Waals surface area contributed by atoms with Gasteiger partial charge < -0.3 is 10.1 Å². The summed E-state index contributed by atoms with van der Waals surface area (Å²) in [6, 6.07) is 5.07. The molecule has 1 aromatic rings. The number of amides is 1. The van der Waals surface area contributed by atoms with Gasteiger partial charge in [-0.15, -0.1) is 12.6 Å². The Bertz CT molecular complexity index is 424. The van der Waals surface area contributed by atoms with Gasteiger partial charge in [-0.1, -0.05) is 25.4 Å².